The van der Waals surface area contributed by atoms with Crippen molar-refractivity contribution in [2.75, 3.05) is 0 Å². The summed E-state index contributed by atoms with van der Waals surface area (Å²) in [6.45, 7) is 9.02. The van der Waals surface area contributed by atoms with Gasteiger partial charge >= 0.3 is 0 Å². The first-order valence-corrected chi connectivity index (χ1v) is 15.6. The molecule has 2 aromatic heterocycles. The Hall–Kier alpha value is -4.17. The molecule has 0 atom stereocenters. The van der Waals surface area contributed by atoms with E-state index in [0.717, 1.165) is 35.4 Å². The third-order valence-corrected chi connectivity index (χ3v) is 7.37. The largest absolute Gasteiger partial charge is 0.305 e. The zero-order valence-electron chi connectivity index (χ0n) is 26.6. The molecule has 0 saturated carbocycles. The van der Waals surface area contributed by atoms with E-state index in [1.807, 2.05) is 54.9 Å². The van der Waals surface area contributed by atoms with Gasteiger partial charge in [0.1, 0.15) is 0 Å². The molecule has 2 nitrogen and oxygen atoms in total. The van der Waals surface area contributed by atoms with Gasteiger partial charge in [-0.3, -0.25) is 4.98 Å². The second-order valence-corrected chi connectivity index (χ2v) is 12.1. The molecule has 3 heteroatoms. The Morgan fingerprint density at radius 2 is 0.978 bits per heavy atom. The van der Waals surface area contributed by atoms with Crippen molar-refractivity contribution >= 4 is 0 Å². The summed E-state index contributed by atoms with van der Waals surface area (Å²) in [6.07, 6.45) is 5.89. The maximum atomic E-state index is 4.44. The Bertz CT molecular complexity index is 1630. The van der Waals surface area contributed by atoms with E-state index in [1.165, 1.54) is 33.4 Å². The molecule has 0 fully saturated rings. The molecule has 6 rings (SSSR count). The fraction of sp³-hybridized carbons (Fsp3) is 0.190. The van der Waals surface area contributed by atoms with Crippen LogP contribution in [-0.2, 0) is 32.9 Å². The summed E-state index contributed by atoms with van der Waals surface area (Å²) < 4.78 is 0. The molecule has 6 aromatic rings. The van der Waals surface area contributed by atoms with Gasteiger partial charge in [0.2, 0.25) is 0 Å². The summed E-state index contributed by atoms with van der Waals surface area (Å²) in [5.74, 6) is 1.35. The van der Waals surface area contributed by atoms with Gasteiger partial charge in [-0.1, -0.05) is 113 Å². The first kappa shape index (κ1) is 33.7. The summed E-state index contributed by atoms with van der Waals surface area (Å²) in [5, 5.41) is 0. The fourth-order valence-corrected chi connectivity index (χ4v) is 5.41. The van der Waals surface area contributed by atoms with Gasteiger partial charge in [-0.25, -0.2) is 0 Å². The number of nitrogens with zero attached hydrogens (tertiary/aromatic N) is 2. The minimum atomic E-state index is 0. The molecule has 0 N–H and O–H groups in total. The van der Waals surface area contributed by atoms with Crippen LogP contribution in [0.1, 0.15) is 38.8 Å². The van der Waals surface area contributed by atoms with Crippen LogP contribution < -0.4 is 0 Å². The smallest absolute Gasteiger partial charge is 0.0702 e. The SMILES string of the molecule is CC(C)Cc1cccc(-c2cc[c-]c(-c3ccccn3)c2)c1.CC(C)Cc1cccc(-c2cccc(-c3ccccn3)c2)c1.[Ir]. The number of rotatable bonds is 8. The normalized spacial score (nSPS) is 10.6. The molecule has 0 saturated heterocycles. The van der Waals surface area contributed by atoms with Crippen LogP contribution in [0.15, 0.2) is 140 Å². The van der Waals surface area contributed by atoms with Crippen LogP contribution in [0.5, 0.6) is 0 Å². The van der Waals surface area contributed by atoms with Crippen molar-refractivity contribution in [2.24, 2.45) is 11.8 Å². The summed E-state index contributed by atoms with van der Waals surface area (Å²) in [6, 6.07) is 47.8. The van der Waals surface area contributed by atoms with Crippen LogP contribution in [0.25, 0.3) is 44.8 Å². The summed E-state index contributed by atoms with van der Waals surface area (Å²) in [4.78, 5) is 8.85. The van der Waals surface area contributed by atoms with Crippen LogP contribution in [0.4, 0.5) is 0 Å². The molecule has 2 heterocycles. The monoisotopic (exact) mass is 766 g/mol. The van der Waals surface area contributed by atoms with Crippen molar-refractivity contribution in [1.82, 2.24) is 9.97 Å². The van der Waals surface area contributed by atoms with Crippen LogP contribution in [0.3, 0.4) is 0 Å². The Balaban J connectivity index is 0.000000200. The predicted molar refractivity (Wildman–Crippen MR) is 186 cm³/mol. The van der Waals surface area contributed by atoms with E-state index >= 15 is 0 Å². The van der Waals surface area contributed by atoms with Gasteiger partial charge in [-0.2, -0.15) is 0 Å². The molecule has 0 bridgehead atoms. The van der Waals surface area contributed by atoms with Crippen molar-refractivity contribution in [1.29, 1.82) is 0 Å². The zero-order chi connectivity index (χ0) is 30.7. The minimum Gasteiger partial charge on any atom is -0.305 e. The average Bonchev–Trinajstić information content (AvgIpc) is 3.06. The molecule has 45 heavy (non-hydrogen) atoms. The maximum absolute atomic E-state index is 4.44. The summed E-state index contributed by atoms with van der Waals surface area (Å²) in [5.41, 5.74) is 11.9. The molecule has 1 radical (unpaired) electrons. The third kappa shape index (κ3) is 9.91. The van der Waals surface area contributed by atoms with Gasteiger partial charge in [0.05, 0.1) is 5.69 Å². The number of hydrogen-bond donors (Lipinski definition) is 0. The van der Waals surface area contributed by atoms with Gasteiger partial charge in [-0.15, -0.1) is 35.4 Å². The number of hydrogen-bond acceptors (Lipinski definition) is 2. The molecule has 0 aliphatic rings. The maximum Gasteiger partial charge on any atom is 0.0702 e. The quantitative estimate of drug-likeness (QED) is 0.144. The Labute approximate surface area is 283 Å². The van der Waals surface area contributed by atoms with Gasteiger partial charge in [0.25, 0.3) is 0 Å². The van der Waals surface area contributed by atoms with Crippen LogP contribution >= 0.6 is 0 Å². The van der Waals surface area contributed by atoms with Gasteiger partial charge in [0, 0.05) is 38.1 Å². The van der Waals surface area contributed by atoms with Crippen molar-refractivity contribution < 1.29 is 20.1 Å². The van der Waals surface area contributed by atoms with E-state index in [9.17, 15) is 0 Å². The molecule has 0 spiro atoms. The molecule has 0 aliphatic carbocycles. The molecular formula is C42H41IrN2-. The third-order valence-electron chi connectivity index (χ3n) is 7.37. The van der Waals surface area contributed by atoms with Gasteiger partial charge in [0.15, 0.2) is 0 Å². The summed E-state index contributed by atoms with van der Waals surface area (Å²) in [7, 11) is 0. The van der Waals surface area contributed by atoms with E-state index in [2.05, 4.69) is 129 Å². The fourth-order valence-electron chi connectivity index (χ4n) is 5.41. The number of aromatic nitrogens is 2. The molecule has 229 valence electrons. The minimum absolute atomic E-state index is 0. The Morgan fingerprint density at radius 1 is 0.489 bits per heavy atom. The van der Waals surface area contributed by atoms with E-state index in [-0.39, 0.29) is 20.1 Å². The van der Waals surface area contributed by atoms with Crippen molar-refractivity contribution in [3.8, 4) is 44.8 Å². The first-order valence-electron chi connectivity index (χ1n) is 15.6. The standard InChI is InChI=1S/C21H21N.C21H20N.Ir/c2*1-16(2)13-17-7-5-8-18(14-17)19-9-6-10-20(15-19)21-11-3-4-12-22-21;/h3-12,14-16H,13H2,1-2H3;3-9,11-12,14-16H,13H2,1-2H3;/q;-1;. The first-order chi connectivity index (χ1) is 21.4. The van der Waals surface area contributed by atoms with E-state index in [1.54, 1.807) is 0 Å². The van der Waals surface area contributed by atoms with E-state index < -0.39 is 0 Å². The van der Waals surface area contributed by atoms with Crippen molar-refractivity contribution in [3.05, 3.63) is 157 Å². The number of pyridine rings is 2. The molecule has 0 amide bonds. The van der Waals surface area contributed by atoms with Crippen LogP contribution in [-0.4, -0.2) is 9.97 Å². The molecule has 0 unspecified atom stereocenters. The van der Waals surface area contributed by atoms with E-state index in [0.29, 0.717) is 11.8 Å². The topological polar surface area (TPSA) is 25.8 Å². The molecular weight excluding hydrogens is 725 g/mol. The van der Waals surface area contributed by atoms with Crippen LogP contribution in [0.2, 0.25) is 0 Å². The second kappa shape index (κ2) is 16.8. The number of benzene rings is 4. The van der Waals surface area contributed by atoms with Crippen LogP contribution in [0, 0.1) is 17.9 Å². The van der Waals surface area contributed by atoms with Crippen molar-refractivity contribution in [2.45, 2.75) is 40.5 Å². The van der Waals surface area contributed by atoms with Gasteiger partial charge in [-0.05, 0) is 82.5 Å². The predicted octanol–water partition coefficient (Wildman–Crippen LogP) is 11.0. The Kier molecular flexibility index (Phi) is 12.6. The average molecular weight is 766 g/mol. The summed E-state index contributed by atoms with van der Waals surface area (Å²) >= 11 is 0. The molecule has 0 aliphatic heterocycles. The van der Waals surface area contributed by atoms with Gasteiger partial charge < -0.3 is 4.98 Å². The van der Waals surface area contributed by atoms with Crippen molar-refractivity contribution in [3.63, 3.8) is 0 Å². The van der Waals surface area contributed by atoms with E-state index in [4.69, 9.17) is 0 Å². The Morgan fingerprint density at radius 3 is 1.51 bits per heavy atom. The molecule has 4 aromatic carbocycles. The second-order valence-electron chi connectivity index (χ2n) is 12.1. The zero-order valence-corrected chi connectivity index (χ0v) is 29.0.